The third-order valence-electron chi connectivity index (χ3n) is 4.21. The molecule has 1 rings (SSSR count). The van der Waals surface area contributed by atoms with E-state index in [1.165, 1.54) is 0 Å². The van der Waals surface area contributed by atoms with Gasteiger partial charge in [-0.3, -0.25) is 0 Å². The molecule has 0 aliphatic carbocycles. The number of nitrogens with one attached hydrogen (secondary N) is 3. The molecular weight excluding hydrogens is 660 g/mol. The average molecular weight is 694 g/mol. The molecule has 14 heteroatoms. The maximum absolute atomic E-state index is 12.6. The van der Waals surface area contributed by atoms with Gasteiger partial charge in [0.2, 0.25) is 0 Å². The van der Waals surface area contributed by atoms with Crippen LogP contribution in [0.3, 0.4) is 0 Å². The van der Waals surface area contributed by atoms with E-state index in [1.54, 1.807) is 0 Å². The number of hydrogen-bond acceptors (Lipinski definition) is 0. The monoisotopic (exact) mass is 695 g/mol. The SMILES string of the molecule is CCC(C)[NH-].CCC(C)[NH-].CCC(C)[NH-].FC(F)(F)[Si]([c-]1cccc1)(C(F)(F)F)C(F)(F)F.[Hf+4]. The standard InChI is InChI=1S/C8H4F9Si.3C4H10N.Hf/c9-6(10,11)18(7(12,13)14,8(15,16)17)5-3-1-2-4-5;3*1-3-4(2)5;/h1-4H;3*4-5H,3H2,1-2H3;/q4*-1;+4. The molecule has 34 heavy (non-hydrogen) atoms. The summed E-state index contributed by atoms with van der Waals surface area (Å²) in [5.41, 5.74) is 20.5. The van der Waals surface area contributed by atoms with Gasteiger partial charge in [-0.05, 0) is 0 Å². The molecule has 3 N–H and O–H groups in total. The van der Waals surface area contributed by atoms with Crippen molar-refractivity contribution >= 4 is 13.3 Å². The van der Waals surface area contributed by atoms with E-state index < -0.39 is 30.7 Å². The van der Waals surface area contributed by atoms with Gasteiger partial charge in [-0.15, -0.1) is 23.3 Å². The topological polar surface area (TPSA) is 71.4 Å². The Morgan fingerprint density at radius 2 is 0.794 bits per heavy atom. The van der Waals surface area contributed by atoms with Crippen LogP contribution in [0.1, 0.15) is 60.8 Å². The van der Waals surface area contributed by atoms with Gasteiger partial charge in [-0.1, -0.05) is 60.8 Å². The number of alkyl halides is 9. The van der Waals surface area contributed by atoms with Crippen LogP contribution < -0.4 is 5.19 Å². The fourth-order valence-corrected chi connectivity index (χ4v) is 4.24. The van der Waals surface area contributed by atoms with Gasteiger partial charge in [-0.25, -0.2) is 12.1 Å². The predicted molar refractivity (Wildman–Crippen MR) is 118 cm³/mol. The molecule has 3 unspecified atom stereocenters. The average Bonchev–Trinajstić information content (AvgIpc) is 3.13. The maximum Gasteiger partial charge on any atom is 4.00 e. The Hall–Kier alpha value is -0.313. The second kappa shape index (κ2) is 18.0. The van der Waals surface area contributed by atoms with Gasteiger partial charge >= 0.3 is 51.3 Å². The summed E-state index contributed by atoms with van der Waals surface area (Å²) in [6, 6.07) is 2.24. The summed E-state index contributed by atoms with van der Waals surface area (Å²) in [7, 11) is -7.72. The van der Waals surface area contributed by atoms with Crippen molar-refractivity contribution in [2.45, 2.75) is 96.3 Å². The Labute approximate surface area is 216 Å². The van der Waals surface area contributed by atoms with Crippen LogP contribution in [-0.2, 0) is 25.8 Å². The van der Waals surface area contributed by atoms with Crippen LogP contribution in [0.25, 0.3) is 17.2 Å². The van der Waals surface area contributed by atoms with Gasteiger partial charge in [0.25, 0.3) is 0 Å². The Balaban J connectivity index is -0.000000231. The second-order valence-corrected chi connectivity index (χ2v) is 11.1. The van der Waals surface area contributed by atoms with Crippen molar-refractivity contribution < 1.29 is 65.4 Å². The van der Waals surface area contributed by atoms with Gasteiger partial charge in [-0.2, -0.15) is 51.6 Å². The minimum absolute atomic E-state index is 0. The van der Waals surface area contributed by atoms with E-state index in [4.69, 9.17) is 17.2 Å². The summed E-state index contributed by atoms with van der Waals surface area (Å²) in [6.45, 7) is 11.7. The van der Waals surface area contributed by atoms with Crippen LogP contribution in [0.5, 0.6) is 0 Å². The summed E-state index contributed by atoms with van der Waals surface area (Å²) >= 11 is 0. The van der Waals surface area contributed by atoms with Crippen molar-refractivity contribution in [3.8, 4) is 0 Å². The summed E-state index contributed by atoms with van der Waals surface area (Å²) in [6.07, 6.45) is 2.92. The number of rotatable bonds is 4. The predicted octanol–water partition coefficient (Wildman–Crippen LogP) is 8.87. The molecule has 0 saturated heterocycles. The van der Waals surface area contributed by atoms with Crippen molar-refractivity contribution in [2.75, 3.05) is 0 Å². The summed E-state index contributed by atoms with van der Waals surface area (Å²) in [4.78, 5) is 0. The first kappa shape index (κ1) is 40.8. The molecule has 1 aromatic carbocycles. The molecule has 200 valence electrons. The molecule has 0 bridgehead atoms. The normalized spacial score (nSPS) is 14.5. The Kier molecular flexibility index (Phi) is 21.6. The molecule has 0 aliphatic rings. The smallest absolute Gasteiger partial charge is 0.675 e. The molecule has 1 aromatic rings. The molecule has 3 atom stereocenters. The Bertz CT molecular complexity index is 531. The zero-order chi connectivity index (χ0) is 27.3. The van der Waals surface area contributed by atoms with E-state index in [0.717, 1.165) is 19.3 Å². The van der Waals surface area contributed by atoms with Gasteiger partial charge in [0.1, 0.15) is 0 Å². The second-order valence-electron chi connectivity index (χ2n) is 7.34. The zero-order valence-corrected chi connectivity index (χ0v) is 24.7. The molecule has 3 nitrogen and oxygen atoms in total. The van der Waals surface area contributed by atoms with Crippen LogP contribution >= 0.6 is 0 Å². The zero-order valence-electron chi connectivity index (χ0n) is 20.1. The molecule has 0 aliphatic heterocycles. The molecule has 0 amide bonds. The van der Waals surface area contributed by atoms with E-state index >= 15 is 0 Å². The molecular formula is C20H34F9HfN3Si. The van der Waals surface area contributed by atoms with Gasteiger partial charge in [0.15, 0.2) is 0 Å². The minimum Gasteiger partial charge on any atom is -0.675 e. The molecule has 0 saturated carbocycles. The first-order valence-electron chi connectivity index (χ1n) is 10.2. The van der Waals surface area contributed by atoms with Crippen molar-refractivity contribution in [2.24, 2.45) is 0 Å². The van der Waals surface area contributed by atoms with Crippen molar-refractivity contribution in [3.63, 3.8) is 0 Å². The molecule has 0 fully saturated rings. The van der Waals surface area contributed by atoms with Gasteiger partial charge in [0, 0.05) is 0 Å². The van der Waals surface area contributed by atoms with E-state index in [9.17, 15) is 39.5 Å². The molecule has 0 aromatic heterocycles. The van der Waals surface area contributed by atoms with Gasteiger partial charge in [0.05, 0.1) is 0 Å². The third-order valence-corrected chi connectivity index (χ3v) is 7.96. The summed E-state index contributed by atoms with van der Waals surface area (Å²) in [5, 5.41) is -1.75. The van der Waals surface area contributed by atoms with Crippen molar-refractivity contribution in [1.29, 1.82) is 0 Å². The first-order valence-corrected chi connectivity index (χ1v) is 12.2. The minimum atomic E-state index is -7.72. The maximum atomic E-state index is 12.6. The third kappa shape index (κ3) is 14.3. The Morgan fingerprint density at radius 3 is 0.912 bits per heavy atom. The van der Waals surface area contributed by atoms with Crippen LogP contribution in [-0.4, -0.2) is 43.6 Å². The van der Waals surface area contributed by atoms with Crippen LogP contribution in [0.15, 0.2) is 24.3 Å². The van der Waals surface area contributed by atoms with Gasteiger partial charge < -0.3 is 17.2 Å². The van der Waals surface area contributed by atoms with E-state index in [-0.39, 0.29) is 56.1 Å². The quantitative estimate of drug-likeness (QED) is 0.172. The number of halogens is 9. The van der Waals surface area contributed by atoms with Crippen molar-refractivity contribution in [3.05, 3.63) is 41.5 Å². The summed E-state index contributed by atoms with van der Waals surface area (Å²) < 4.78 is 113. The summed E-state index contributed by atoms with van der Waals surface area (Å²) in [5.74, 6) is -19.2. The van der Waals surface area contributed by atoms with E-state index in [0.29, 0.717) is 12.1 Å². The number of hydrogen-bond donors (Lipinski definition) is 0. The Morgan fingerprint density at radius 1 is 0.618 bits per heavy atom. The molecule has 0 heterocycles. The fourth-order valence-electron chi connectivity index (χ4n) is 1.60. The first-order chi connectivity index (χ1) is 14.7. The van der Waals surface area contributed by atoms with Crippen LogP contribution in [0, 0.1) is 0 Å². The van der Waals surface area contributed by atoms with Crippen LogP contribution in [0.2, 0.25) is 0 Å². The largest absolute Gasteiger partial charge is 4.00 e. The van der Waals surface area contributed by atoms with Crippen molar-refractivity contribution in [1.82, 2.24) is 0 Å². The molecule has 0 spiro atoms. The van der Waals surface area contributed by atoms with Crippen LogP contribution in [0.4, 0.5) is 39.5 Å². The fraction of sp³-hybridized carbons (Fsp3) is 0.750. The van der Waals surface area contributed by atoms with E-state index in [1.807, 2.05) is 41.5 Å². The van der Waals surface area contributed by atoms with E-state index in [2.05, 4.69) is 0 Å². The molecule has 0 radical (unpaired) electrons.